The predicted octanol–water partition coefficient (Wildman–Crippen LogP) is 2.02. The van der Waals surface area contributed by atoms with Crippen LogP contribution >= 0.6 is 0 Å². The molecule has 0 radical (unpaired) electrons. The van der Waals surface area contributed by atoms with Gasteiger partial charge in [-0.1, -0.05) is 12.1 Å². The van der Waals surface area contributed by atoms with Crippen LogP contribution in [-0.4, -0.2) is 48.6 Å². The van der Waals surface area contributed by atoms with Gasteiger partial charge in [-0.2, -0.15) is 13.2 Å². The molecule has 1 heterocycles. The molecular weight excluding hydrogens is 377 g/mol. The summed E-state index contributed by atoms with van der Waals surface area (Å²) in [4.78, 5) is 24.3. The highest BCUT2D eigenvalue weighted by molar-refractivity contribution is 5.81. The number of likely N-dealkylation sites (tertiary alicyclic amines) is 1. The minimum absolute atomic E-state index is 0.0115. The van der Waals surface area contributed by atoms with Gasteiger partial charge < -0.3 is 20.1 Å². The number of carbonyl (C=O) groups excluding carboxylic acids is 2. The van der Waals surface area contributed by atoms with Gasteiger partial charge in [0.25, 0.3) is 6.47 Å². The van der Waals surface area contributed by atoms with Gasteiger partial charge >= 0.3 is 6.18 Å². The lowest BCUT2D eigenvalue weighted by atomic mass is 9.68. The van der Waals surface area contributed by atoms with E-state index in [2.05, 4.69) is 4.74 Å². The summed E-state index contributed by atoms with van der Waals surface area (Å²) in [5.41, 5.74) is 5.57. The Hall–Kier alpha value is -2.13. The first-order valence-corrected chi connectivity index (χ1v) is 9.02. The van der Waals surface area contributed by atoms with E-state index < -0.39 is 17.3 Å². The van der Waals surface area contributed by atoms with Crippen molar-refractivity contribution < 1.29 is 32.2 Å². The molecule has 1 aliphatic carbocycles. The SMILES string of the molecule is Cc1cc(COC2CN(C(=O)C3CC(N)(COC=O)C3)C2)ccc1C(F)(F)F. The topological polar surface area (TPSA) is 81.9 Å². The van der Waals surface area contributed by atoms with E-state index >= 15 is 0 Å². The molecule has 1 saturated carbocycles. The van der Waals surface area contributed by atoms with E-state index in [-0.39, 0.29) is 36.7 Å². The fraction of sp³-hybridized carbons (Fsp3) is 0.579. The van der Waals surface area contributed by atoms with Crippen molar-refractivity contribution in [3.05, 3.63) is 34.9 Å². The number of amides is 1. The normalized spacial score (nSPS) is 25.0. The first-order valence-electron chi connectivity index (χ1n) is 9.02. The molecule has 28 heavy (non-hydrogen) atoms. The van der Waals surface area contributed by atoms with Crippen LogP contribution in [0.15, 0.2) is 18.2 Å². The number of benzene rings is 1. The van der Waals surface area contributed by atoms with Gasteiger partial charge in [0, 0.05) is 19.0 Å². The number of hydrogen-bond donors (Lipinski definition) is 1. The van der Waals surface area contributed by atoms with Crippen molar-refractivity contribution >= 4 is 12.4 Å². The van der Waals surface area contributed by atoms with Crippen LogP contribution in [0.3, 0.4) is 0 Å². The zero-order chi connectivity index (χ0) is 20.5. The van der Waals surface area contributed by atoms with Crippen LogP contribution in [0.5, 0.6) is 0 Å². The Balaban J connectivity index is 1.40. The number of hydrogen-bond acceptors (Lipinski definition) is 5. The molecule has 0 unspecified atom stereocenters. The summed E-state index contributed by atoms with van der Waals surface area (Å²) in [6, 6.07) is 3.95. The lowest BCUT2D eigenvalue weighted by molar-refractivity contribution is -0.156. The maximum Gasteiger partial charge on any atom is 0.416 e. The zero-order valence-corrected chi connectivity index (χ0v) is 15.5. The average Bonchev–Trinajstić information content (AvgIpc) is 2.54. The molecule has 0 spiro atoms. The summed E-state index contributed by atoms with van der Waals surface area (Å²) in [6.45, 7) is 2.99. The number of halogens is 3. The third-order valence-electron chi connectivity index (χ3n) is 5.34. The quantitative estimate of drug-likeness (QED) is 0.709. The van der Waals surface area contributed by atoms with Crippen LogP contribution in [0.2, 0.25) is 0 Å². The second-order valence-corrected chi connectivity index (χ2v) is 7.70. The molecule has 3 rings (SSSR count). The van der Waals surface area contributed by atoms with Gasteiger partial charge in [0.2, 0.25) is 5.91 Å². The third kappa shape index (κ3) is 4.47. The van der Waals surface area contributed by atoms with Crippen molar-refractivity contribution in [1.82, 2.24) is 4.90 Å². The van der Waals surface area contributed by atoms with Crippen molar-refractivity contribution in [1.29, 1.82) is 0 Å². The number of rotatable bonds is 7. The lowest BCUT2D eigenvalue weighted by Gasteiger charge is -2.48. The van der Waals surface area contributed by atoms with Gasteiger partial charge in [0.05, 0.1) is 23.8 Å². The van der Waals surface area contributed by atoms with Crippen LogP contribution in [0.25, 0.3) is 0 Å². The van der Waals surface area contributed by atoms with Gasteiger partial charge in [-0.3, -0.25) is 9.59 Å². The van der Waals surface area contributed by atoms with E-state index in [1.165, 1.54) is 19.1 Å². The van der Waals surface area contributed by atoms with Crippen molar-refractivity contribution in [2.45, 2.75) is 44.2 Å². The smallest absolute Gasteiger partial charge is 0.416 e. The second kappa shape index (κ2) is 7.71. The molecule has 0 aromatic heterocycles. The molecule has 9 heteroatoms. The third-order valence-corrected chi connectivity index (χ3v) is 5.34. The molecule has 1 amide bonds. The fourth-order valence-electron chi connectivity index (χ4n) is 3.74. The van der Waals surface area contributed by atoms with Crippen LogP contribution < -0.4 is 5.73 Å². The van der Waals surface area contributed by atoms with E-state index in [0.29, 0.717) is 38.0 Å². The number of alkyl halides is 3. The number of carbonyl (C=O) groups is 2. The van der Waals surface area contributed by atoms with Crippen molar-refractivity contribution in [3.63, 3.8) is 0 Å². The molecule has 0 atom stereocenters. The second-order valence-electron chi connectivity index (χ2n) is 7.70. The summed E-state index contributed by atoms with van der Waals surface area (Å²) in [5.74, 6) is -0.156. The van der Waals surface area contributed by atoms with Crippen LogP contribution in [0.4, 0.5) is 13.2 Å². The van der Waals surface area contributed by atoms with Gasteiger partial charge in [0.1, 0.15) is 6.61 Å². The molecule has 1 aliphatic heterocycles. The molecular formula is C19H23F3N2O4. The Bertz CT molecular complexity index is 741. The Morgan fingerprint density at radius 2 is 2.04 bits per heavy atom. The largest absolute Gasteiger partial charge is 0.466 e. The Labute approximate surface area is 160 Å². The number of nitrogens with zero attached hydrogens (tertiary/aromatic N) is 1. The van der Waals surface area contributed by atoms with Gasteiger partial charge in [-0.25, -0.2) is 0 Å². The molecule has 2 N–H and O–H groups in total. The monoisotopic (exact) mass is 400 g/mol. The Morgan fingerprint density at radius 1 is 1.36 bits per heavy atom. The lowest BCUT2D eigenvalue weighted by Crippen LogP contribution is -2.63. The van der Waals surface area contributed by atoms with E-state index in [9.17, 15) is 22.8 Å². The van der Waals surface area contributed by atoms with Gasteiger partial charge in [0.15, 0.2) is 0 Å². The first kappa shape index (κ1) is 20.6. The summed E-state index contributed by atoms with van der Waals surface area (Å²) in [5, 5.41) is 0. The summed E-state index contributed by atoms with van der Waals surface area (Å²) in [6.07, 6.45) is -3.54. The maximum atomic E-state index is 12.8. The molecule has 6 nitrogen and oxygen atoms in total. The first-order chi connectivity index (χ1) is 13.1. The van der Waals surface area contributed by atoms with Gasteiger partial charge in [-0.15, -0.1) is 0 Å². The molecule has 1 saturated heterocycles. The van der Waals surface area contributed by atoms with E-state index in [4.69, 9.17) is 10.5 Å². The van der Waals surface area contributed by atoms with Crippen molar-refractivity contribution in [3.8, 4) is 0 Å². The standard InChI is InChI=1S/C19H23F3N2O4/c1-12-4-13(2-3-16(12)19(20,21)22)9-28-15-7-24(8-15)17(26)14-5-18(23,6-14)10-27-11-25/h2-4,11,14-15H,5-10,23H2,1H3. The Morgan fingerprint density at radius 3 is 2.61 bits per heavy atom. The number of aryl methyl sites for hydroxylation is 1. The summed E-state index contributed by atoms with van der Waals surface area (Å²) < 4.78 is 48.7. The van der Waals surface area contributed by atoms with Gasteiger partial charge in [-0.05, 0) is 37.0 Å². The minimum Gasteiger partial charge on any atom is -0.466 e. The number of ether oxygens (including phenoxy) is 2. The average molecular weight is 400 g/mol. The minimum atomic E-state index is -4.36. The van der Waals surface area contributed by atoms with E-state index in [1.807, 2.05) is 0 Å². The molecule has 154 valence electrons. The zero-order valence-electron chi connectivity index (χ0n) is 15.5. The Kier molecular flexibility index (Phi) is 5.67. The van der Waals surface area contributed by atoms with E-state index in [0.717, 1.165) is 6.07 Å². The molecule has 1 aromatic rings. The molecule has 1 aromatic carbocycles. The number of nitrogens with two attached hydrogens (primary N) is 1. The van der Waals surface area contributed by atoms with Crippen LogP contribution in [-0.2, 0) is 31.8 Å². The van der Waals surface area contributed by atoms with Crippen LogP contribution in [0.1, 0.15) is 29.5 Å². The van der Waals surface area contributed by atoms with Crippen LogP contribution in [0, 0.1) is 12.8 Å². The fourth-order valence-corrected chi connectivity index (χ4v) is 3.74. The molecule has 0 bridgehead atoms. The molecule has 2 fully saturated rings. The van der Waals surface area contributed by atoms with Crippen molar-refractivity contribution in [2.24, 2.45) is 11.7 Å². The highest BCUT2D eigenvalue weighted by Crippen LogP contribution is 2.38. The highest BCUT2D eigenvalue weighted by Gasteiger charge is 2.48. The maximum absolute atomic E-state index is 12.8. The predicted molar refractivity (Wildman–Crippen MR) is 93.0 cm³/mol. The van der Waals surface area contributed by atoms with E-state index in [1.54, 1.807) is 4.90 Å². The van der Waals surface area contributed by atoms with Crippen molar-refractivity contribution in [2.75, 3.05) is 19.7 Å². The molecule has 2 aliphatic rings. The summed E-state index contributed by atoms with van der Waals surface area (Å²) in [7, 11) is 0. The summed E-state index contributed by atoms with van der Waals surface area (Å²) >= 11 is 0. The highest BCUT2D eigenvalue weighted by atomic mass is 19.4.